The number of para-hydroxylation sites is 1. The van der Waals surface area contributed by atoms with Crippen LogP contribution in [0.3, 0.4) is 0 Å². The maximum absolute atomic E-state index is 12.9. The molecule has 2 heterocycles. The van der Waals surface area contributed by atoms with E-state index in [2.05, 4.69) is 15.4 Å². The van der Waals surface area contributed by atoms with Gasteiger partial charge >= 0.3 is 5.97 Å². The number of fused-ring (bicyclic) bond motifs is 3. The number of aromatic nitrogens is 3. The van der Waals surface area contributed by atoms with Crippen molar-refractivity contribution in [2.24, 2.45) is 0 Å². The van der Waals surface area contributed by atoms with Crippen LogP contribution in [0, 0.1) is 0 Å². The van der Waals surface area contributed by atoms with Gasteiger partial charge < -0.3 is 10.4 Å². The smallest absolute Gasteiger partial charge is 0.336 e. The molecule has 3 N–H and O–H groups in total. The molecule has 0 fully saturated rings. The predicted octanol–water partition coefficient (Wildman–Crippen LogP) is 3.50. The highest BCUT2D eigenvalue weighted by Gasteiger charge is 2.14. The van der Waals surface area contributed by atoms with E-state index in [9.17, 15) is 19.5 Å². The molecule has 0 saturated heterocycles. The number of aromatic amines is 1. The number of hydrogen-bond acceptors (Lipinski definition) is 4. The van der Waals surface area contributed by atoms with Gasteiger partial charge in [0.05, 0.1) is 27.7 Å². The van der Waals surface area contributed by atoms with Gasteiger partial charge in [0.2, 0.25) is 0 Å². The van der Waals surface area contributed by atoms with Gasteiger partial charge in [0.15, 0.2) is 0 Å². The van der Waals surface area contributed by atoms with Crippen LogP contribution in [0.4, 0.5) is 0 Å². The van der Waals surface area contributed by atoms with Crippen molar-refractivity contribution in [1.29, 1.82) is 0 Å². The molecule has 162 valence electrons. The van der Waals surface area contributed by atoms with Gasteiger partial charge in [-0.1, -0.05) is 36.4 Å². The van der Waals surface area contributed by atoms with E-state index in [-0.39, 0.29) is 23.6 Å². The number of nitrogens with one attached hydrogen (secondary N) is 2. The summed E-state index contributed by atoms with van der Waals surface area (Å²) in [6, 6.07) is 20.7. The lowest BCUT2D eigenvalue weighted by molar-refractivity contribution is 0.0694. The van der Waals surface area contributed by atoms with Crippen molar-refractivity contribution in [3.63, 3.8) is 0 Å². The Morgan fingerprint density at radius 2 is 1.67 bits per heavy atom. The van der Waals surface area contributed by atoms with Crippen molar-refractivity contribution in [3.8, 4) is 5.69 Å². The third kappa shape index (κ3) is 3.63. The Hall–Kier alpha value is -4.72. The van der Waals surface area contributed by atoms with E-state index >= 15 is 0 Å². The molecule has 8 nitrogen and oxygen atoms in total. The zero-order valence-corrected chi connectivity index (χ0v) is 17.3. The minimum atomic E-state index is -1.05. The zero-order chi connectivity index (χ0) is 22.9. The average Bonchev–Trinajstić information content (AvgIpc) is 3.19. The molecule has 0 atom stereocenters. The summed E-state index contributed by atoms with van der Waals surface area (Å²) in [5.41, 5.74) is 2.88. The fourth-order valence-electron chi connectivity index (χ4n) is 3.81. The van der Waals surface area contributed by atoms with Crippen LogP contribution in [-0.2, 0) is 6.54 Å². The van der Waals surface area contributed by atoms with Gasteiger partial charge in [-0.3, -0.25) is 19.7 Å². The largest absolute Gasteiger partial charge is 0.478 e. The lowest BCUT2D eigenvalue weighted by Gasteiger charge is -2.09. The van der Waals surface area contributed by atoms with E-state index in [1.54, 1.807) is 48.7 Å². The molecule has 0 aliphatic rings. The van der Waals surface area contributed by atoms with Gasteiger partial charge in [-0.05, 0) is 42.0 Å². The first-order valence-corrected chi connectivity index (χ1v) is 10.2. The van der Waals surface area contributed by atoms with Crippen molar-refractivity contribution in [2.75, 3.05) is 0 Å². The number of hydrogen-bond donors (Lipinski definition) is 3. The Balaban J connectivity index is 1.40. The summed E-state index contributed by atoms with van der Waals surface area (Å²) in [7, 11) is 0. The Bertz CT molecular complexity index is 1580. The van der Waals surface area contributed by atoms with Crippen LogP contribution in [0.1, 0.15) is 26.3 Å². The Kier molecular flexibility index (Phi) is 4.95. The second-order valence-corrected chi connectivity index (χ2v) is 7.51. The van der Waals surface area contributed by atoms with Crippen LogP contribution in [0.2, 0.25) is 0 Å². The lowest BCUT2D eigenvalue weighted by atomic mass is 10.1. The summed E-state index contributed by atoms with van der Waals surface area (Å²) < 4.78 is 1.42. The lowest BCUT2D eigenvalue weighted by Crippen LogP contribution is -2.24. The van der Waals surface area contributed by atoms with E-state index in [4.69, 9.17) is 0 Å². The van der Waals surface area contributed by atoms with Gasteiger partial charge in [0, 0.05) is 23.7 Å². The number of carbonyl (C=O) groups excluding carboxylic acids is 1. The molecule has 0 aliphatic carbocycles. The fourth-order valence-corrected chi connectivity index (χ4v) is 3.81. The van der Waals surface area contributed by atoms with Gasteiger partial charge in [0.25, 0.3) is 11.5 Å². The molecular formula is C25H18N4O4. The Morgan fingerprint density at radius 1 is 0.939 bits per heavy atom. The molecule has 5 rings (SSSR count). The highest BCUT2D eigenvalue weighted by atomic mass is 16.4. The van der Waals surface area contributed by atoms with Crippen molar-refractivity contribution in [3.05, 3.63) is 106 Å². The van der Waals surface area contributed by atoms with Crippen LogP contribution < -0.4 is 10.9 Å². The molecule has 0 unspecified atom stereocenters. The summed E-state index contributed by atoms with van der Waals surface area (Å²) in [5.74, 6) is -1.39. The van der Waals surface area contributed by atoms with Crippen molar-refractivity contribution >= 4 is 33.7 Å². The number of aromatic carboxylic acids is 1. The monoisotopic (exact) mass is 438 g/mol. The maximum Gasteiger partial charge on any atom is 0.336 e. The number of carbonyl (C=O) groups is 2. The zero-order valence-electron chi connectivity index (χ0n) is 17.3. The number of benzene rings is 3. The van der Waals surface area contributed by atoms with Gasteiger partial charge in [0.1, 0.15) is 0 Å². The average molecular weight is 438 g/mol. The van der Waals surface area contributed by atoms with E-state index < -0.39 is 5.97 Å². The fraction of sp³-hybridized carbons (Fsp3) is 0.0400. The first-order chi connectivity index (χ1) is 16.0. The van der Waals surface area contributed by atoms with Crippen molar-refractivity contribution in [1.82, 2.24) is 20.1 Å². The van der Waals surface area contributed by atoms with Gasteiger partial charge in [-0.25, -0.2) is 9.48 Å². The van der Waals surface area contributed by atoms with Crippen LogP contribution in [0.15, 0.2) is 83.8 Å². The third-order valence-corrected chi connectivity index (χ3v) is 5.51. The van der Waals surface area contributed by atoms with Crippen LogP contribution >= 0.6 is 0 Å². The number of carboxylic acid groups (broad SMARTS) is 1. The van der Waals surface area contributed by atoms with E-state index in [0.29, 0.717) is 27.7 Å². The van der Waals surface area contributed by atoms with Crippen LogP contribution in [0.5, 0.6) is 0 Å². The molecule has 5 aromatic rings. The summed E-state index contributed by atoms with van der Waals surface area (Å²) >= 11 is 0. The molecule has 0 spiro atoms. The minimum Gasteiger partial charge on any atom is -0.478 e. The Morgan fingerprint density at radius 3 is 2.45 bits per heavy atom. The van der Waals surface area contributed by atoms with Crippen molar-refractivity contribution in [2.45, 2.75) is 6.54 Å². The third-order valence-electron chi connectivity index (χ3n) is 5.51. The summed E-state index contributed by atoms with van der Waals surface area (Å²) in [5, 5.41) is 16.5. The number of amides is 1. The van der Waals surface area contributed by atoms with Crippen LogP contribution in [-0.4, -0.2) is 31.7 Å². The second-order valence-electron chi connectivity index (χ2n) is 7.51. The molecular weight excluding hydrogens is 420 g/mol. The quantitative estimate of drug-likeness (QED) is 0.388. The van der Waals surface area contributed by atoms with E-state index in [1.807, 2.05) is 24.3 Å². The van der Waals surface area contributed by atoms with Crippen LogP contribution in [0.25, 0.3) is 27.5 Å². The standard InChI is InChI=1S/C25H18N4O4/c30-23(27-13-16-5-1-2-6-18(16)25(32)33)15-9-11-17(12-10-15)29-24(31)20-14-26-21-8-4-3-7-19(21)22(20)28-29/h1-12,14,28H,13H2,(H,27,30)(H,32,33). The number of pyridine rings is 1. The first kappa shape index (κ1) is 20.2. The first-order valence-electron chi connectivity index (χ1n) is 10.2. The molecule has 8 heteroatoms. The topological polar surface area (TPSA) is 117 Å². The molecule has 0 saturated carbocycles. The van der Waals surface area contributed by atoms with Crippen molar-refractivity contribution < 1.29 is 14.7 Å². The van der Waals surface area contributed by atoms with E-state index in [0.717, 1.165) is 10.9 Å². The van der Waals surface area contributed by atoms with E-state index in [1.165, 1.54) is 10.7 Å². The summed E-state index contributed by atoms with van der Waals surface area (Å²) in [4.78, 5) is 41.1. The second kappa shape index (κ2) is 8.08. The molecule has 33 heavy (non-hydrogen) atoms. The normalized spacial score (nSPS) is 11.0. The summed E-state index contributed by atoms with van der Waals surface area (Å²) in [6.45, 7) is 0.0879. The minimum absolute atomic E-state index is 0.0879. The highest BCUT2D eigenvalue weighted by Crippen LogP contribution is 2.20. The maximum atomic E-state index is 12.9. The molecule has 1 amide bonds. The molecule has 0 bridgehead atoms. The molecule has 2 aromatic heterocycles. The Labute approximate surface area is 187 Å². The summed E-state index contributed by atoms with van der Waals surface area (Å²) in [6.07, 6.45) is 1.56. The number of H-pyrrole nitrogens is 1. The molecule has 0 radical (unpaired) electrons. The predicted molar refractivity (Wildman–Crippen MR) is 124 cm³/mol. The highest BCUT2D eigenvalue weighted by molar-refractivity contribution is 6.02. The van der Waals surface area contributed by atoms with Gasteiger partial charge in [-0.15, -0.1) is 0 Å². The molecule has 0 aliphatic heterocycles. The SMILES string of the molecule is O=C(NCc1ccccc1C(=O)O)c1ccc(-n2[nH]c3c(cnc4ccccc43)c2=O)cc1. The number of rotatable bonds is 5. The number of nitrogens with zero attached hydrogens (tertiary/aromatic N) is 2. The van der Waals surface area contributed by atoms with Gasteiger partial charge in [-0.2, -0.15) is 0 Å². The number of carboxylic acids is 1. The molecule has 3 aromatic carbocycles.